The lowest BCUT2D eigenvalue weighted by atomic mass is 10.1. The van der Waals surface area contributed by atoms with E-state index in [2.05, 4.69) is 16.4 Å². The normalized spacial score (nSPS) is 14.1. The van der Waals surface area contributed by atoms with E-state index in [9.17, 15) is 5.11 Å². The number of aromatic hydroxyl groups is 1. The molecule has 22 heavy (non-hydrogen) atoms. The summed E-state index contributed by atoms with van der Waals surface area (Å²) in [6.07, 6.45) is 6.42. The summed E-state index contributed by atoms with van der Waals surface area (Å²) in [5.74, 6) is 1.48. The zero-order chi connectivity index (χ0) is 15.7. The van der Waals surface area contributed by atoms with Gasteiger partial charge in [0.05, 0.1) is 10.7 Å². The second kappa shape index (κ2) is 6.17. The quantitative estimate of drug-likeness (QED) is 0.815. The zero-order valence-corrected chi connectivity index (χ0v) is 13.7. The average Bonchev–Trinajstić information content (AvgIpc) is 3.30. The summed E-state index contributed by atoms with van der Waals surface area (Å²) >= 11 is 6.36. The fourth-order valence-electron chi connectivity index (χ4n) is 2.65. The van der Waals surface area contributed by atoms with Crippen LogP contribution in [0.3, 0.4) is 0 Å². The van der Waals surface area contributed by atoms with Crippen LogP contribution in [0.5, 0.6) is 5.75 Å². The van der Waals surface area contributed by atoms with Crippen LogP contribution in [0.25, 0.3) is 0 Å². The number of aromatic nitrogens is 1. The molecule has 1 saturated carbocycles. The molecule has 2 N–H and O–H groups in total. The monoisotopic (exact) mass is 316 g/mol. The van der Waals surface area contributed by atoms with E-state index in [0.29, 0.717) is 10.8 Å². The zero-order valence-electron chi connectivity index (χ0n) is 13.0. The van der Waals surface area contributed by atoms with E-state index in [1.807, 2.05) is 26.0 Å². The Morgan fingerprint density at radius 1 is 1.36 bits per heavy atom. The first kappa shape index (κ1) is 15.2. The molecule has 3 nitrogen and oxygen atoms in total. The first-order valence-electron chi connectivity index (χ1n) is 7.81. The number of benzene rings is 1. The third-order valence-corrected chi connectivity index (χ3v) is 4.61. The van der Waals surface area contributed by atoms with E-state index in [0.717, 1.165) is 35.6 Å². The third kappa shape index (κ3) is 3.20. The summed E-state index contributed by atoms with van der Waals surface area (Å²) < 4.78 is 0. The maximum Gasteiger partial charge on any atom is 0.173 e. The molecule has 0 amide bonds. The maximum atomic E-state index is 10.3. The minimum absolute atomic E-state index is 0.192. The summed E-state index contributed by atoms with van der Waals surface area (Å²) in [6, 6.07) is 6.06. The number of aryl methyl sites for hydroxylation is 1. The Kier molecular flexibility index (Phi) is 4.25. The largest absolute Gasteiger partial charge is 0.504 e. The number of hydrogen-bond donors (Lipinski definition) is 2. The summed E-state index contributed by atoms with van der Waals surface area (Å²) in [7, 11) is 0. The molecule has 0 radical (unpaired) electrons. The van der Waals surface area contributed by atoms with Gasteiger partial charge in [0.25, 0.3) is 0 Å². The highest BCUT2D eigenvalue weighted by molar-refractivity contribution is 6.33. The van der Waals surface area contributed by atoms with Gasteiger partial charge < -0.3 is 10.4 Å². The number of anilines is 2. The van der Waals surface area contributed by atoms with Gasteiger partial charge in [-0.05, 0) is 67.3 Å². The Balaban J connectivity index is 1.82. The molecule has 1 aliphatic carbocycles. The first-order chi connectivity index (χ1) is 10.6. The van der Waals surface area contributed by atoms with E-state index in [4.69, 9.17) is 11.6 Å². The fourth-order valence-corrected chi connectivity index (χ4v) is 2.90. The molecule has 1 aromatic heterocycles. The molecule has 1 aromatic carbocycles. The van der Waals surface area contributed by atoms with Crippen molar-refractivity contribution in [2.45, 2.75) is 39.5 Å². The standard InChI is InChI=1S/C18H21ClN2O/c1-3-14-10-20-18(17(22)11(14)2)21-16-7-6-13(9-15(16)19)8-12-4-5-12/h6-7,9-10,12,22H,3-5,8H2,1-2H3,(H,20,21). The van der Waals surface area contributed by atoms with Crippen molar-refractivity contribution in [3.63, 3.8) is 0 Å². The lowest BCUT2D eigenvalue weighted by Gasteiger charge is -2.13. The van der Waals surface area contributed by atoms with Gasteiger partial charge in [-0.15, -0.1) is 0 Å². The smallest absolute Gasteiger partial charge is 0.173 e. The van der Waals surface area contributed by atoms with Crippen molar-refractivity contribution in [2.24, 2.45) is 5.92 Å². The Morgan fingerprint density at radius 3 is 2.77 bits per heavy atom. The summed E-state index contributed by atoms with van der Waals surface area (Å²) in [5.41, 5.74) is 3.95. The van der Waals surface area contributed by atoms with Gasteiger partial charge in [0.2, 0.25) is 0 Å². The Bertz CT molecular complexity index is 696. The number of nitrogens with zero attached hydrogens (tertiary/aromatic N) is 1. The predicted octanol–water partition coefficient (Wildman–Crippen LogP) is 5.01. The highest BCUT2D eigenvalue weighted by Crippen LogP contribution is 2.36. The predicted molar refractivity (Wildman–Crippen MR) is 91.2 cm³/mol. The van der Waals surface area contributed by atoms with Gasteiger partial charge in [-0.2, -0.15) is 0 Å². The number of pyridine rings is 1. The van der Waals surface area contributed by atoms with Crippen LogP contribution < -0.4 is 5.32 Å². The first-order valence-corrected chi connectivity index (χ1v) is 8.19. The van der Waals surface area contributed by atoms with Crippen molar-refractivity contribution in [1.29, 1.82) is 0 Å². The topological polar surface area (TPSA) is 45.2 Å². The van der Waals surface area contributed by atoms with Gasteiger partial charge in [0.15, 0.2) is 11.6 Å². The van der Waals surface area contributed by atoms with Crippen LogP contribution in [-0.2, 0) is 12.8 Å². The Labute approximate surface area is 136 Å². The van der Waals surface area contributed by atoms with Crippen LogP contribution in [0, 0.1) is 12.8 Å². The summed E-state index contributed by atoms with van der Waals surface area (Å²) in [5, 5.41) is 14.1. The molecule has 0 bridgehead atoms. The van der Waals surface area contributed by atoms with Gasteiger partial charge in [-0.3, -0.25) is 0 Å². The summed E-state index contributed by atoms with van der Waals surface area (Å²) in [6.45, 7) is 3.95. The molecule has 116 valence electrons. The van der Waals surface area contributed by atoms with Crippen molar-refractivity contribution < 1.29 is 5.11 Å². The maximum absolute atomic E-state index is 10.3. The Hall–Kier alpha value is -1.74. The number of hydrogen-bond acceptors (Lipinski definition) is 3. The van der Waals surface area contributed by atoms with E-state index in [1.165, 1.54) is 18.4 Å². The van der Waals surface area contributed by atoms with Crippen LogP contribution in [-0.4, -0.2) is 10.1 Å². The highest BCUT2D eigenvalue weighted by Gasteiger charge is 2.21. The molecule has 0 unspecified atom stereocenters. The third-order valence-electron chi connectivity index (χ3n) is 4.30. The second-order valence-corrected chi connectivity index (χ2v) is 6.45. The molecular weight excluding hydrogens is 296 g/mol. The van der Waals surface area contributed by atoms with E-state index in [1.54, 1.807) is 6.20 Å². The fraction of sp³-hybridized carbons (Fsp3) is 0.389. The molecule has 1 aliphatic rings. The van der Waals surface area contributed by atoms with Crippen molar-refractivity contribution in [3.05, 3.63) is 46.1 Å². The molecule has 1 heterocycles. The SMILES string of the molecule is CCc1cnc(Nc2ccc(CC3CC3)cc2Cl)c(O)c1C. The van der Waals surface area contributed by atoms with Crippen LogP contribution in [0.1, 0.15) is 36.5 Å². The van der Waals surface area contributed by atoms with E-state index >= 15 is 0 Å². The molecule has 1 fully saturated rings. The highest BCUT2D eigenvalue weighted by atomic mass is 35.5. The Morgan fingerprint density at radius 2 is 2.14 bits per heavy atom. The lowest BCUT2D eigenvalue weighted by Crippen LogP contribution is -1.99. The van der Waals surface area contributed by atoms with Crippen molar-refractivity contribution in [1.82, 2.24) is 4.98 Å². The van der Waals surface area contributed by atoms with Gasteiger partial charge in [-0.25, -0.2) is 4.98 Å². The molecular formula is C18H21ClN2O. The van der Waals surface area contributed by atoms with Crippen molar-refractivity contribution in [2.75, 3.05) is 5.32 Å². The molecule has 2 aromatic rings. The molecule has 3 rings (SSSR count). The minimum atomic E-state index is 0.192. The number of rotatable bonds is 5. The van der Waals surface area contributed by atoms with Crippen LogP contribution >= 0.6 is 11.6 Å². The molecule has 0 atom stereocenters. The van der Waals surface area contributed by atoms with Crippen molar-refractivity contribution in [3.8, 4) is 5.75 Å². The minimum Gasteiger partial charge on any atom is -0.504 e. The summed E-state index contributed by atoms with van der Waals surface area (Å²) in [4.78, 5) is 4.31. The van der Waals surface area contributed by atoms with Gasteiger partial charge in [0, 0.05) is 6.20 Å². The van der Waals surface area contributed by atoms with Crippen molar-refractivity contribution >= 4 is 23.1 Å². The lowest BCUT2D eigenvalue weighted by molar-refractivity contribution is 0.470. The van der Waals surface area contributed by atoms with E-state index in [-0.39, 0.29) is 5.75 Å². The number of nitrogens with one attached hydrogen (secondary N) is 1. The molecule has 0 saturated heterocycles. The molecule has 4 heteroatoms. The average molecular weight is 317 g/mol. The van der Waals surface area contributed by atoms with Gasteiger partial charge in [0.1, 0.15) is 0 Å². The molecule has 0 spiro atoms. The van der Waals surface area contributed by atoms with Crippen LogP contribution in [0.15, 0.2) is 24.4 Å². The van der Waals surface area contributed by atoms with Crippen LogP contribution in [0.4, 0.5) is 11.5 Å². The van der Waals surface area contributed by atoms with Gasteiger partial charge >= 0.3 is 0 Å². The number of halogens is 1. The van der Waals surface area contributed by atoms with E-state index < -0.39 is 0 Å². The van der Waals surface area contributed by atoms with Crippen LogP contribution in [0.2, 0.25) is 5.02 Å². The van der Waals surface area contributed by atoms with Gasteiger partial charge in [-0.1, -0.05) is 24.6 Å². The molecule has 0 aliphatic heterocycles. The second-order valence-electron chi connectivity index (χ2n) is 6.05.